The Bertz CT molecular complexity index is 845. The molecule has 0 atom stereocenters. The molecule has 0 aromatic heterocycles. The average Bonchev–Trinajstić information content (AvgIpc) is 2.75. The molecule has 1 saturated heterocycles. The monoisotopic (exact) mass is 397 g/mol. The first kappa shape index (κ1) is 21.0. The van der Waals surface area contributed by atoms with Gasteiger partial charge in [-0.1, -0.05) is 12.1 Å². The molecule has 156 valence electrons. The van der Waals surface area contributed by atoms with Crippen LogP contribution < -0.4 is 19.7 Å². The molecule has 29 heavy (non-hydrogen) atoms. The van der Waals surface area contributed by atoms with Crippen LogP contribution >= 0.6 is 0 Å². The number of nitrogens with zero attached hydrogens (tertiary/aromatic N) is 2. The number of ether oxygens (including phenoxy) is 2. The van der Waals surface area contributed by atoms with Crippen LogP contribution in [0.4, 0.5) is 11.4 Å². The van der Waals surface area contributed by atoms with Gasteiger partial charge in [0.05, 0.1) is 19.9 Å². The molecule has 6 heteroatoms. The normalized spacial score (nSPS) is 14.6. The zero-order valence-corrected chi connectivity index (χ0v) is 17.8. The van der Waals surface area contributed by atoms with Gasteiger partial charge in [-0.2, -0.15) is 0 Å². The van der Waals surface area contributed by atoms with Crippen LogP contribution in [0.5, 0.6) is 11.5 Å². The van der Waals surface area contributed by atoms with E-state index in [0.29, 0.717) is 23.6 Å². The Morgan fingerprint density at radius 1 is 1.03 bits per heavy atom. The molecule has 6 nitrogen and oxygen atoms in total. The number of nitrogens with one attached hydrogen (secondary N) is 1. The SMILES string of the molecule is COc1ccc(NC(=O)CCN2CCN(c3cccc(C)c3C)CC2)c(OC)c1. The first-order valence-corrected chi connectivity index (χ1v) is 10.1. The average molecular weight is 398 g/mol. The Hall–Kier alpha value is -2.73. The molecule has 0 saturated carbocycles. The lowest BCUT2D eigenvalue weighted by Gasteiger charge is -2.37. The predicted octanol–water partition coefficient (Wildman–Crippen LogP) is 3.47. The fraction of sp³-hybridized carbons (Fsp3) is 0.435. The number of methoxy groups -OCH3 is 2. The number of hydrogen-bond donors (Lipinski definition) is 1. The fourth-order valence-corrected chi connectivity index (χ4v) is 3.66. The Kier molecular flexibility index (Phi) is 6.99. The Morgan fingerprint density at radius 2 is 1.79 bits per heavy atom. The molecular weight excluding hydrogens is 366 g/mol. The van der Waals surface area contributed by atoms with Gasteiger partial charge in [-0.25, -0.2) is 0 Å². The molecule has 2 aromatic rings. The van der Waals surface area contributed by atoms with Crippen LogP contribution in [-0.4, -0.2) is 57.8 Å². The van der Waals surface area contributed by atoms with Crippen LogP contribution in [-0.2, 0) is 4.79 Å². The number of anilines is 2. The lowest BCUT2D eigenvalue weighted by molar-refractivity contribution is -0.116. The number of piperazine rings is 1. The predicted molar refractivity (Wildman–Crippen MR) is 117 cm³/mol. The van der Waals surface area contributed by atoms with E-state index in [1.807, 2.05) is 6.07 Å². The van der Waals surface area contributed by atoms with Gasteiger partial charge in [-0.05, 0) is 43.2 Å². The van der Waals surface area contributed by atoms with Crippen molar-refractivity contribution in [1.82, 2.24) is 4.90 Å². The standard InChI is InChI=1S/C23H31N3O3/c1-17-6-5-7-21(18(17)2)26-14-12-25(13-15-26)11-10-23(27)24-20-9-8-19(28-3)16-22(20)29-4/h5-9,16H,10-15H2,1-4H3,(H,24,27). The van der Waals surface area contributed by atoms with Crippen LogP contribution in [0.15, 0.2) is 36.4 Å². The van der Waals surface area contributed by atoms with Crippen LogP contribution in [0, 0.1) is 13.8 Å². The summed E-state index contributed by atoms with van der Waals surface area (Å²) in [5.41, 5.74) is 4.68. The zero-order valence-electron chi connectivity index (χ0n) is 17.8. The molecule has 1 fully saturated rings. The fourth-order valence-electron chi connectivity index (χ4n) is 3.66. The van der Waals surface area contributed by atoms with E-state index in [9.17, 15) is 4.79 Å². The van der Waals surface area contributed by atoms with Crippen molar-refractivity contribution in [2.24, 2.45) is 0 Å². The summed E-state index contributed by atoms with van der Waals surface area (Å²) >= 11 is 0. The molecule has 2 aromatic carbocycles. The largest absolute Gasteiger partial charge is 0.497 e. The van der Waals surface area contributed by atoms with E-state index < -0.39 is 0 Å². The second-order valence-corrected chi connectivity index (χ2v) is 7.41. The van der Waals surface area contributed by atoms with E-state index in [2.05, 4.69) is 47.2 Å². The summed E-state index contributed by atoms with van der Waals surface area (Å²) in [6.45, 7) is 9.00. The maximum Gasteiger partial charge on any atom is 0.225 e. The minimum Gasteiger partial charge on any atom is -0.497 e. The van der Waals surface area contributed by atoms with Gasteiger partial charge in [0, 0.05) is 50.9 Å². The van der Waals surface area contributed by atoms with Gasteiger partial charge < -0.3 is 19.7 Å². The molecule has 1 N–H and O–H groups in total. The highest BCUT2D eigenvalue weighted by Crippen LogP contribution is 2.29. The molecule has 1 amide bonds. The van der Waals surface area contributed by atoms with Gasteiger partial charge in [0.2, 0.25) is 5.91 Å². The Balaban J connectivity index is 1.48. The van der Waals surface area contributed by atoms with Gasteiger partial charge in [0.25, 0.3) is 0 Å². The highest BCUT2D eigenvalue weighted by Gasteiger charge is 2.19. The number of hydrogen-bond acceptors (Lipinski definition) is 5. The number of amides is 1. The van der Waals surface area contributed by atoms with Crippen molar-refractivity contribution in [2.45, 2.75) is 20.3 Å². The Morgan fingerprint density at radius 3 is 2.48 bits per heavy atom. The third-order valence-electron chi connectivity index (χ3n) is 5.63. The van der Waals surface area contributed by atoms with Crippen molar-refractivity contribution in [2.75, 3.05) is 57.2 Å². The molecule has 3 rings (SSSR count). The van der Waals surface area contributed by atoms with Gasteiger partial charge >= 0.3 is 0 Å². The lowest BCUT2D eigenvalue weighted by atomic mass is 10.1. The number of aryl methyl sites for hydroxylation is 1. The smallest absolute Gasteiger partial charge is 0.225 e. The van der Waals surface area contributed by atoms with Crippen molar-refractivity contribution in [1.29, 1.82) is 0 Å². The summed E-state index contributed by atoms with van der Waals surface area (Å²) in [5.74, 6) is 1.28. The van der Waals surface area contributed by atoms with Gasteiger partial charge in [0.1, 0.15) is 11.5 Å². The third kappa shape index (κ3) is 5.21. The first-order valence-electron chi connectivity index (χ1n) is 10.1. The van der Waals surface area contributed by atoms with Crippen LogP contribution in [0.25, 0.3) is 0 Å². The summed E-state index contributed by atoms with van der Waals surface area (Å²) in [7, 11) is 3.19. The highest BCUT2D eigenvalue weighted by atomic mass is 16.5. The van der Waals surface area contributed by atoms with Gasteiger partial charge in [0.15, 0.2) is 0 Å². The number of rotatable bonds is 7. The molecule has 0 bridgehead atoms. The maximum atomic E-state index is 12.4. The second-order valence-electron chi connectivity index (χ2n) is 7.41. The lowest BCUT2D eigenvalue weighted by Crippen LogP contribution is -2.47. The highest BCUT2D eigenvalue weighted by molar-refractivity contribution is 5.92. The van der Waals surface area contributed by atoms with E-state index in [1.54, 1.807) is 26.4 Å². The van der Waals surface area contributed by atoms with Crippen LogP contribution in [0.3, 0.4) is 0 Å². The van der Waals surface area contributed by atoms with Crippen molar-refractivity contribution >= 4 is 17.3 Å². The summed E-state index contributed by atoms with van der Waals surface area (Å²) in [5, 5.41) is 2.94. The summed E-state index contributed by atoms with van der Waals surface area (Å²) in [6.07, 6.45) is 0.457. The summed E-state index contributed by atoms with van der Waals surface area (Å²) in [4.78, 5) is 17.2. The number of carbonyl (C=O) groups is 1. The van der Waals surface area contributed by atoms with Crippen molar-refractivity contribution in [3.05, 3.63) is 47.5 Å². The van der Waals surface area contributed by atoms with Crippen LogP contribution in [0.1, 0.15) is 17.5 Å². The topological polar surface area (TPSA) is 54.0 Å². The molecule has 1 aliphatic heterocycles. The first-order chi connectivity index (χ1) is 14.0. The molecule has 0 spiro atoms. The summed E-state index contributed by atoms with van der Waals surface area (Å²) in [6, 6.07) is 11.9. The quantitative estimate of drug-likeness (QED) is 0.775. The minimum atomic E-state index is -0.00887. The van der Waals surface area contributed by atoms with E-state index in [1.165, 1.54) is 16.8 Å². The van der Waals surface area contributed by atoms with Crippen molar-refractivity contribution in [3.63, 3.8) is 0 Å². The summed E-state index contributed by atoms with van der Waals surface area (Å²) < 4.78 is 10.5. The molecular formula is C23H31N3O3. The molecule has 0 unspecified atom stereocenters. The Labute approximate surface area is 173 Å². The van der Waals surface area contributed by atoms with Crippen molar-refractivity contribution in [3.8, 4) is 11.5 Å². The van der Waals surface area contributed by atoms with Gasteiger partial charge in [-0.3, -0.25) is 9.69 Å². The van der Waals surface area contributed by atoms with E-state index in [0.717, 1.165) is 32.7 Å². The number of benzene rings is 2. The van der Waals surface area contributed by atoms with E-state index in [-0.39, 0.29) is 5.91 Å². The molecule has 0 aliphatic carbocycles. The molecule has 1 aliphatic rings. The van der Waals surface area contributed by atoms with Crippen molar-refractivity contribution < 1.29 is 14.3 Å². The van der Waals surface area contributed by atoms with Gasteiger partial charge in [-0.15, -0.1) is 0 Å². The van der Waals surface area contributed by atoms with E-state index in [4.69, 9.17) is 9.47 Å². The minimum absolute atomic E-state index is 0.00887. The second kappa shape index (κ2) is 9.65. The number of carbonyl (C=O) groups excluding carboxylic acids is 1. The molecule has 1 heterocycles. The maximum absolute atomic E-state index is 12.4. The third-order valence-corrected chi connectivity index (χ3v) is 5.63. The van der Waals surface area contributed by atoms with E-state index >= 15 is 0 Å². The molecule has 0 radical (unpaired) electrons. The zero-order chi connectivity index (χ0) is 20.8. The van der Waals surface area contributed by atoms with Crippen LogP contribution in [0.2, 0.25) is 0 Å².